The summed E-state index contributed by atoms with van der Waals surface area (Å²) in [6.07, 6.45) is -2.72. The Balaban J connectivity index is 2.43. The van der Waals surface area contributed by atoms with E-state index in [4.69, 9.17) is 9.73 Å². The van der Waals surface area contributed by atoms with Crippen molar-refractivity contribution in [3.63, 3.8) is 0 Å². The summed E-state index contributed by atoms with van der Waals surface area (Å²) in [5.41, 5.74) is 0. The molecular formula is C18H35F3N4O2. The van der Waals surface area contributed by atoms with E-state index < -0.39 is 12.8 Å². The van der Waals surface area contributed by atoms with Gasteiger partial charge in [-0.25, -0.2) is 0 Å². The summed E-state index contributed by atoms with van der Waals surface area (Å²) in [6.45, 7) is 10.6. The fourth-order valence-electron chi connectivity index (χ4n) is 2.93. The molecule has 0 amide bonds. The third kappa shape index (κ3) is 12.1. The lowest BCUT2D eigenvalue weighted by Crippen LogP contribution is -2.46. The number of nitrogens with zero attached hydrogens (tertiary/aromatic N) is 2. The van der Waals surface area contributed by atoms with Crippen molar-refractivity contribution in [2.75, 3.05) is 59.2 Å². The highest BCUT2D eigenvalue weighted by Gasteiger charge is 2.27. The minimum absolute atomic E-state index is 0.0651. The van der Waals surface area contributed by atoms with Gasteiger partial charge < -0.3 is 20.1 Å². The molecular weight excluding hydrogens is 361 g/mol. The van der Waals surface area contributed by atoms with Gasteiger partial charge in [-0.2, -0.15) is 13.2 Å². The summed E-state index contributed by atoms with van der Waals surface area (Å²) in [5, 5.41) is 6.35. The van der Waals surface area contributed by atoms with Gasteiger partial charge in [0.25, 0.3) is 0 Å². The van der Waals surface area contributed by atoms with E-state index in [0.29, 0.717) is 37.4 Å². The van der Waals surface area contributed by atoms with Crippen molar-refractivity contribution in [1.29, 1.82) is 0 Å². The van der Waals surface area contributed by atoms with E-state index in [9.17, 15) is 13.2 Å². The molecule has 0 radical (unpaired) electrons. The number of hydrogen-bond donors (Lipinski definition) is 2. The predicted molar refractivity (Wildman–Crippen MR) is 101 cm³/mol. The summed E-state index contributed by atoms with van der Waals surface area (Å²) in [6, 6.07) is 0.361. The zero-order valence-electron chi connectivity index (χ0n) is 16.8. The number of ether oxygens (including phenoxy) is 2. The Kier molecular flexibility index (Phi) is 11.7. The Hall–Kier alpha value is -1.06. The monoisotopic (exact) mass is 396 g/mol. The molecule has 0 aromatic carbocycles. The van der Waals surface area contributed by atoms with Gasteiger partial charge in [0.2, 0.25) is 0 Å². The summed E-state index contributed by atoms with van der Waals surface area (Å²) in [5.74, 6) is 1.27. The van der Waals surface area contributed by atoms with Gasteiger partial charge in [-0.05, 0) is 25.7 Å². The van der Waals surface area contributed by atoms with Crippen LogP contribution in [0, 0.1) is 5.92 Å². The minimum Gasteiger partial charge on any atom is -0.379 e. The molecule has 1 rings (SSSR count). The molecule has 1 atom stereocenters. The van der Waals surface area contributed by atoms with Gasteiger partial charge in [0.15, 0.2) is 5.96 Å². The molecule has 0 saturated carbocycles. The Morgan fingerprint density at radius 2 is 1.93 bits per heavy atom. The number of alkyl halides is 3. The molecule has 1 aliphatic heterocycles. The lowest BCUT2D eigenvalue weighted by Gasteiger charge is -2.34. The van der Waals surface area contributed by atoms with Gasteiger partial charge in [0, 0.05) is 38.8 Å². The highest BCUT2D eigenvalue weighted by Crippen LogP contribution is 2.15. The summed E-state index contributed by atoms with van der Waals surface area (Å²) in [7, 11) is 0. The van der Waals surface area contributed by atoms with Crippen molar-refractivity contribution in [2.24, 2.45) is 10.9 Å². The summed E-state index contributed by atoms with van der Waals surface area (Å²) >= 11 is 0. The second-order valence-corrected chi connectivity index (χ2v) is 7.10. The quantitative estimate of drug-likeness (QED) is 0.319. The molecule has 6 nitrogen and oxygen atoms in total. The van der Waals surface area contributed by atoms with Crippen LogP contribution >= 0.6 is 0 Å². The van der Waals surface area contributed by atoms with Gasteiger partial charge >= 0.3 is 6.18 Å². The van der Waals surface area contributed by atoms with E-state index in [1.165, 1.54) is 0 Å². The first kappa shape index (κ1) is 24.0. The lowest BCUT2D eigenvalue weighted by molar-refractivity contribution is -0.173. The maximum atomic E-state index is 12.0. The van der Waals surface area contributed by atoms with Gasteiger partial charge in [0.05, 0.1) is 19.8 Å². The van der Waals surface area contributed by atoms with Gasteiger partial charge in [0.1, 0.15) is 6.61 Å². The molecule has 0 spiro atoms. The first-order valence-corrected chi connectivity index (χ1v) is 9.80. The van der Waals surface area contributed by atoms with E-state index in [-0.39, 0.29) is 6.61 Å². The zero-order valence-corrected chi connectivity index (χ0v) is 16.8. The maximum absolute atomic E-state index is 12.0. The number of rotatable bonds is 11. The van der Waals surface area contributed by atoms with Crippen LogP contribution in [0.5, 0.6) is 0 Å². The largest absolute Gasteiger partial charge is 0.411 e. The molecule has 9 heteroatoms. The average Bonchev–Trinajstić information content (AvgIpc) is 2.60. The smallest absolute Gasteiger partial charge is 0.379 e. The molecule has 160 valence electrons. The van der Waals surface area contributed by atoms with E-state index in [0.717, 1.165) is 39.3 Å². The number of guanidine groups is 1. The minimum atomic E-state index is -4.27. The molecule has 2 N–H and O–H groups in total. The van der Waals surface area contributed by atoms with Crippen molar-refractivity contribution in [2.45, 2.75) is 45.8 Å². The van der Waals surface area contributed by atoms with Crippen LogP contribution in [-0.4, -0.2) is 82.2 Å². The van der Waals surface area contributed by atoms with Crippen LogP contribution in [0.15, 0.2) is 4.99 Å². The zero-order chi connectivity index (χ0) is 20.1. The van der Waals surface area contributed by atoms with Crippen LogP contribution in [0.4, 0.5) is 13.2 Å². The van der Waals surface area contributed by atoms with Crippen LogP contribution in [-0.2, 0) is 9.47 Å². The van der Waals surface area contributed by atoms with E-state index in [1.54, 1.807) is 0 Å². The van der Waals surface area contributed by atoms with E-state index in [2.05, 4.69) is 34.1 Å². The maximum Gasteiger partial charge on any atom is 0.411 e. The Labute approximate surface area is 160 Å². The normalized spacial score (nSPS) is 18.0. The van der Waals surface area contributed by atoms with Crippen LogP contribution < -0.4 is 10.6 Å². The van der Waals surface area contributed by atoms with Crippen molar-refractivity contribution in [3.05, 3.63) is 0 Å². The number of aliphatic imine (C=N–C) groups is 1. The third-order valence-electron chi connectivity index (χ3n) is 4.13. The Morgan fingerprint density at radius 3 is 2.52 bits per heavy atom. The van der Waals surface area contributed by atoms with Crippen LogP contribution in [0.3, 0.4) is 0 Å². The van der Waals surface area contributed by atoms with Gasteiger partial charge in [-0.1, -0.05) is 13.8 Å². The second-order valence-electron chi connectivity index (χ2n) is 7.10. The first-order chi connectivity index (χ1) is 12.8. The third-order valence-corrected chi connectivity index (χ3v) is 4.13. The van der Waals surface area contributed by atoms with Crippen LogP contribution in [0.1, 0.15) is 33.6 Å². The van der Waals surface area contributed by atoms with Crippen molar-refractivity contribution >= 4 is 5.96 Å². The molecule has 1 unspecified atom stereocenters. The van der Waals surface area contributed by atoms with Crippen molar-refractivity contribution in [1.82, 2.24) is 15.5 Å². The molecule has 27 heavy (non-hydrogen) atoms. The SMILES string of the molecule is CCNC(=NCC(CC(C)C)N1CCOCC1)NCCCOCC(F)(F)F. The fourth-order valence-corrected chi connectivity index (χ4v) is 2.93. The molecule has 1 aliphatic rings. The summed E-state index contributed by atoms with van der Waals surface area (Å²) < 4.78 is 46.2. The standard InChI is InChI=1S/C18H35F3N4O2/c1-4-22-17(23-6-5-9-27-14-18(19,20)21)24-13-16(12-15(2)3)25-7-10-26-11-8-25/h15-16H,4-14H2,1-3H3,(H2,22,23,24). The van der Waals surface area contributed by atoms with Gasteiger partial charge in [-0.15, -0.1) is 0 Å². The van der Waals surface area contributed by atoms with E-state index >= 15 is 0 Å². The highest BCUT2D eigenvalue weighted by atomic mass is 19.4. The number of hydrogen-bond acceptors (Lipinski definition) is 4. The Morgan fingerprint density at radius 1 is 1.22 bits per heavy atom. The number of morpholine rings is 1. The molecule has 0 aromatic rings. The van der Waals surface area contributed by atoms with Crippen molar-refractivity contribution in [3.8, 4) is 0 Å². The molecule has 1 heterocycles. The van der Waals surface area contributed by atoms with Crippen LogP contribution in [0.2, 0.25) is 0 Å². The molecule has 0 aliphatic carbocycles. The highest BCUT2D eigenvalue weighted by molar-refractivity contribution is 5.79. The lowest BCUT2D eigenvalue weighted by atomic mass is 10.0. The van der Waals surface area contributed by atoms with Crippen LogP contribution in [0.25, 0.3) is 0 Å². The molecule has 0 bridgehead atoms. The first-order valence-electron chi connectivity index (χ1n) is 9.80. The molecule has 1 saturated heterocycles. The second kappa shape index (κ2) is 13.2. The van der Waals surface area contributed by atoms with Crippen molar-refractivity contribution < 1.29 is 22.6 Å². The Bertz CT molecular complexity index is 414. The topological polar surface area (TPSA) is 58.1 Å². The van der Waals surface area contributed by atoms with Gasteiger partial charge in [-0.3, -0.25) is 9.89 Å². The molecule has 0 aromatic heterocycles. The predicted octanol–water partition coefficient (Wildman–Crippen LogP) is 2.26. The fraction of sp³-hybridized carbons (Fsp3) is 0.944. The average molecular weight is 396 g/mol. The number of halogens is 3. The number of nitrogens with one attached hydrogen (secondary N) is 2. The summed E-state index contributed by atoms with van der Waals surface area (Å²) in [4.78, 5) is 7.12. The molecule has 1 fully saturated rings. The van der Waals surface area contributed by atoms with E-state index in [1.807, 2.05) is 6.92 Å².